The summed E-state index contributed by atoms with van der Waals surface area (Å²) in [5.41, 5.74) is 4.95. The van der Waals surface area contributed by atoms with Crippen molar-refractivity contribution in [3.8, 4) is 22.3 Å². The first kappa shape index (κ1) is 19.7. The fourth-order valence-electron chi connectivity index (χ4n) is 4.71. The summed E-state index contributed by atoms with van der Waals surface area (Å²) in [6.07, 6.45) is 0. The van der Waals surface area contributed by atoms with E-state index < -0.39 is 0 Å². The maximum atomic E-state index is 3.70. The number of fused-ring (bicyclic) bond motifs is 6. The van der Waals surface area contributed by atoms with Crippen LogP contribution in [0.3, 0.4) is 0 Å². The molecule has 0 heterocycles. The summed E-state index contributed by atoms with van der Waals surface area (Å²) in [6, 6.07) is 39.3. The normalized spacial score (nSPS) is 11.4. The smallest absolute Gasteiger partial charge is 0.0181 e. The van der Waals surface area contributed by atoms with Crippen LogP contribution in [-0.2, 0) is 0 Å². The Kier molecular flexibility index (Phi) is 4.86. The van der Waals surface area contributed by atoms with Crippen LogP contribution in [0.4, 0.5) is 0 Å². The molecule has 0 spiro atoms. The van der Waals surface area contributed by atoms with Crippen LogP contribution in [0.15, 0.2) is 118 Å². The van der Waals surface area contributed by atoms with E-state index in [-0.39, 0.29) is 0 Å². The molecule has 0 nitrogen and oxygen atoms in total. The van der Waals surface area contributed by atoms with Gasteiger partial charge >= 0.3 is 0 Å². The number of benzene rings is 6. The Balaban J connectivity index is 1.85. The van der Waals surface area contributed by atoms with E-state index in [2.05, 4.69) is 141 Å². The summed E-state index contributed by atoms with van der Waals surface area (Å²) in [7, 11) is 0. The molecule has 0 bridgehead atoms. The third-order valence-corrected chi connectivity index (χ3v) is 7.15. The molecule has 0 radical (unpaired) electrons. The lowest BCUT2D eigenvalue weighted by atomic mass is 9.87. The van der Waals surface area contributed by atoms with Gasteiger partial charge in [0.25, 0.3) is 0 Å². The van der Waals surface area contributed by atoms with Gasteiger partial charge in [0.15, 0.2) is 0 Å². The van der Waals surface area contributed by atoms with Crippen LogP contribution >= 0.6 is 31.9 Å². The molecule has 0 unspecified atom stereocenters. The van der Waals surface area contributed by atoms with Gasteiger partial charge < -0.3 is 0 Å². The van der Waals surface area contributed by atoms with E-state index in [1.807, 2.05) is 0 Å². The second-order valence-electron chi connectivity index (χ2n) is 8.06. The van der Waals surface area contributed by atoms with Gasteiger partial charge in [0.05, 0.1) is 0 Å². The quantitative estimate of drug-likeness (QED) is 0.193. The lowest BCUT2D eigenvalue weighted by Crippen LogP contribution is -1.90. The summed E-state index contributed by atoms with van der Waals surface area (Å²) in [5.74, 6) is 0. The zero-order chi connectivity index (χ0) is 21.7. The molecule has 0 aliphatic rings. The molecular weight excluding hydrogens is 520 g/mol. The minimum atomic E-state index is 1.09. The predicted molar refractivity (Wildman–Crippen MR) is 145 cm³/mol. The molecule has 152 valence electrons. The van der Waals surface area contributed by atoms with Crippen molar-refractivity contribution in [3.63, 3.8) is 0 Å². The van der Waals surface area contributed by atoms with Crippen LogP contribution in [-0.4, -0.2) is 0 Å². The van der Waals surface area contributed by atoms with Gasteiger partial charge in [-0.1, -0.05) is 105 Å². The zero-order valence-corrected chi connectivity index (χ0v) is 20.3. The molecule has 0 N–H and O–H groups in total. The van der Waals surface area contributed by atoms with Crippen molar-refractivity contribution in [2.24, 2.45) is 0 Å². The van der Waals surface area contributed by atoms with Crippen molar-refractivity contribution in [2.45, 2.75) is 0 Å². The largest absolute Gasteiger partial charge is 0.0622 e. The molecule has 6 aromatic rings. The van der Waals surface area contributed by atoms with Crippen molar-refractivity contribution >= 4 is 64.2 Å². The summed E-state index contributed by atoms with van der Waals surface area (Å²) < 4.78 is 2.19. The highest BCUT2D eigenvalue weighted by Gasteiger charge is 2.15. The van der Waals surface area contributed by atoms with Crippen LogP contribution in [0, 0.1) is 0 Å². The van der Waals surface area contributed by atoms with E-state index in [4.69, 9.17) is 0 Å². The molecule has 0 saturated carbocycles. The fraction of sp³-hybridized carbons (Fsp3) is 0. The average molecular weight is 538 g/mol. The van der Waals surface area contributed by atoms with E-state index >= 15 is 0 Å². The number of hydrogen-bond donors (Lipinski definition) is 0. The Hall–Kier alpha value is -2.94. The van der Waals surface area contributed by atoms with Crippen LogP contribution in [0.2, 0.25) is 0 Å². The SMILES string of the molecule is Brc1ccc2c3ccc(Br)cc3c3cc(-c4ccccc4)c(-c4ccccc4)cc3c2c1. The van der Waals surface area contributed by atoms with Crippen molar-refractivity contribution in [1.82, 2.24) is 0 Å². The Morgan fingerprint density at radius 2 is 0.719 bits per heavy atom. The van der Waals surface area contributed by atoms with E-state index in [1.165, 1.54) is 54.6 Å². The summed E-state index contributed by atoms with van der Waals surface area (Å²) in [4.78, 5) is 0. The third kappa shape index (κ3) is 3.26. The monoisotopic (exact) mass is 536 g/mol. The first-order valence-corrected chi connectivity index (χ1v) is 12.2. The van der Waals surface area contributed by atoms with E-state index in [9.17, 15) is 0 Å². The fourth-order valence-corrected chi connectivity index (χ4v) is 5.43. The molecule has 2 heteroatoms. The van der Waals surface area contributed by atoms with Crippen molar-refractivity contribution < 1.29 is 0 Å². The molecule has 6 rings (SSSR count). The molecular formula is C30H18Br2. The van der Waals surface area contributed by atoms with Gasteiger partial charge in [-0.25, -0.2) is 0 Å². The Morgan fingerprint density at radius 3 is 1.12 bits per heavy atom. The van der Waals surface area contributed by atoms with Crippen molar-refractivity contribution in [3.05, 3.63) is 118 Å². The lowest BCUT2D eigenvalue weighted by molar-refractivity contribution is 1.61. The van der Waals surface area contributed by atoms with Gasteiger partial charge in [-0.15, -0.1) is 0 Å². The molecule has 32 heavy (non-hydrogen) atoms. The molecule has 0 aliphatic heterocycles. The molecule has 0 amide bonds. The summed E-state index contributed by atoms with van der Waals surface area (Å²) in [6.45, 7) is 0. The van der Waals surface area contributed by atoms with Crippen LogP contribution in [0.1, 0.15) is 0 Å². The molecule has 0 aliphatic carbocycles. The molecule has 6 aromatic carbocycles. The lowest BCUT2D eigenvalue weighted by Gasteiger charge is -2.17. The second kappa shape index (κ2) is 7.88. The van der Waals surface area contributed by atoms with E-state index in [1.54, 1.807) is 0 Å². The molecule has 0 saturated heterocycles. The minimum Gasteiger partial charge on any atom is -0.0622 e. The summed E-state index contributed by atoms with van der Waals surface area (Å²) in [5, 5.41) is 7.61. The topological polar surface area (TPSA) is 0 Å². The van der Waals surface area contributed by atoms with Crippen LogP contribution < -0.4 is 0 Å². The standard InChI is InChI=1S/C30H18Br2/c31-21-11-13-23-24-14-12-22(32)16-28(24)30-18-26(20-9-5-2-6-10-20)25(17-29(30)27(23)15-21)19-7-3-1-4-8-19/h1-18H. The average Bonchev–Trinajstić information content (AvgIpc) is 2.84. The Bertz CT molecular complexity index is 1490. The maximum Gasteiger partial charge on any atom is 0.0181 e. The van der Waals surface area contributed by atoms with Gasteiger partial charge in [-0.2, -0.15) is 0 Å². The Morgan fingerprint density at radius 1 is 0.344 bits per heavy atom. The minimum absolute atomic E-state index is 1.09. The molecule has 0 fully saturated rings. The van der Waals surface area contributed by atoms with Gasteiger partial charge in [-0.3, -0.25) is 0 Å². The molecule has 0 aromatic heterocycles. The first-order valence-electron chi connectivity index (χ1n) is 10.6. The number of hydrogen-bond acceptors (Lipinski definition) is 0. The van der Waals surface area contributed by atoms with Crippen molar-refractivity contribution in [2.75, 3.05) is 0 Å². The van der Waals surface area contributed by atoms with Gasteiger partial charge in [0.2, 0.25) is 0 Å². The van der Waals surface area contributed by atoms with Gasteiger partial charge in [0.1, 0.15) is 0 Å². The van der Waals surface area contributed by atoms with Crippen molar-refractivity contribution in [1.29, 1.82) is 0 Å². The molecule has 0 atom stereocenters. The van der Waals surface area contributed by atoms with E-state index in [0.717, 1.165) is 8.95 Å². The summed E-state index contributed by atoms with van der Waals surface area (Å²) >= 11 is 7.40. The highest BCUT2D eigenvalue weighted by molar-refractivity contribution is 9.10. The van der Waals surface area contributed by atoms with Crippen LogP contribution in [0.5, 0.6) is 0 Å². The van der Waals surface area contributed by atoms with Crippen LogP contribution in [0.25, 0.3) is 54.6 Å². The second-order valence-corrected chi connectivity index (χ2v) is 9.89. The first-order chi connectivity index (χ1) is 15.7. The highest BCUT2D eigenvalue weighted by atomic mass is 79.9. The Labute approximate surface area is 203 Å². The van der Waals surface area contributed by atoms with Gasteiger partial charge in [0, 0.05) is 8.95 Å². The zero-order valence-electron chi connectivity index (χ0n) is 17.1. The third-order valence-electron chi connectivity index (χ3n) is 6.16. The predicted octanol–water partition coefficient (Wildman–Crippen LogP) is 10.0. The van der Waals surface area contributed by atoms with Gasteiger partial charge in [-0.05, 0) is 91.0 Å². The highest BCUT2D eigenvalue weighted by Crippen LogP contribution is 2.43. The number of rotatable bonds is 2. The number of halogens is 2. The van der Waals surface area contributed by atoms with E-state index in [0.29, 0.717) is 0 Å². The maximum absolute atomic E-state index is 3.70.